The molecule has 1 aromatic heterocycles. The maximum absolute atomic E-state index is 13.5. The Kier molecular flexibility index (Phi) is 7.88. The summed E-state index contributed by atoms with van der Waals surface area (Å²) in [7, 11) is 4.45. The maximum atomic E-state index is 13.5. The van der Waals surface area contributed by atoms with Crippen molar-refractivity contribution in [2.45, 2.75) is 38.7 Å². The molecule has 0 spiro atoms. The van der Waals surface area contributed by atoms with Crippen LogP contribution in [0.15, 0.2) is 23.0 Å². The number of likely N-dealkylation sites (N-methyl/N-ethyl adjacent to an activating group) is 2. The molecular formula is C23H30FN5O6. The van der Waals surface area contributed by atoms with Crippen molar-refractivity contribution in [2.24, 2.45) is 0 Å². The molecule has 0 saturated heterocycles. The molecule has 0 fully saturated rings. The summed E-state index contributed by atoms with van der Waals surface area (Å²) in [6.45, 7) is 3.39. The van der Waals surface area contributed by atoms with Crippen molar-refractivity contribution in [2.75, 3.05) is 34.4 Å². The molecule has 11 nitrogen and oxygen atoms in total. The standard InChI is InChI=1S/C23H30FN5O6/c1-12-8-14(6-7-15(12)24)9-25-20(31)17-18(30)21(32)29-13(2)10-35-11-16(19(29)26-17)28(5)23(34)22(33)27(3)4/h6-8,13,16,23,30,34H,9-11H2,1-5H3,(H,25,31). The van der Waals surface area contributed by atoms with Gasteiger partial charge in [-0.3, -0.25) is 23.9 Å². The van der Waals surface area contributed by atoms with E-state index in [0.717, 1.165) is 0 Å². The Hall–Kier alpha value is -3.35. The van der Waals surface area contributed by atoms with E-state index in [1.165, 1.54) is 47.6 Å². The number of carbonyl (C=O) groups is 2. The van der Waals surface area contributed by atoms with E-state index in [2.05, 4.69) is 10.3 Å². The van der Waals surface area contributed by atoms with Gasteiger partial charge in [-0.05, 0) is 38.1 Å². The van der Waals surface area contributed by atoms with E-state index < -0.39 is 47.1 Å². The topological polar surface area (TPSA) is 137 Å². The number of amides is 2. The Morgan fingerprint density at radius 2 is 2.00 bits per heavy atom. The normalized spacial score (nSPS) is 18.5. The van der Waals surface area contributed by atoms with Crippen molar-refractivity contribution < 1.29 is 28.9 Å². The number of fused-ring (bicyclic) bond motifs is 1. The molecule has 0 aliphatic carbocycles. The third-order valence-electron chi connectivity index (χ3n) is 5.92. The van der Waals surface area contributed by atoms with Gasteiger partial charge in [-0.15, -0.1) is 0 Å². The van der Waals surface area contributed by atoms with Gasteiger partial charge in [0.1, 0.15) is 11.6 Å². The Labute approximate surface area is 201 Å². The van der Waals surface area contributed by atoms with Crippen molar-refractivity contribution in [3.63, 3.8) is 0 Å². The number of nitrogens with zero attached hydrogens (tertiary/aromatic N) is 4. The van der Waals surface area contributed by atoms with Gasteiger partial charge < -0.3 is 25.2 Å². The van der Waals surface area contributed by atoms with E-state index in [9.17, 15) is 29.0 Å². The van der Waals surface area contributed by atoms with Gasteiger partial charge in [0.25, 0.3) is 17.4 Å². The monoisotopic (exact) mass is 491 g/mol. The van der Waals surface area contributed by atoms with Gasteiger partial charge in [0.15, 0.2) is 11.9 Å². The van der Waals surface area contributed by atoms with Crippen LogP contribution >= 0.6 is 0 Å². The highest BCUT2D eigenvalue weighted by molar-refractivity contribution is 5.94. The number of hydrogen-bond acceptors (Lipinski definition) is 8. The molecule has 190 valence electrons. The zero-order chi connectivity index (χ0) is 26.0. The van der Waals surface area contributed by atoms with Crippen molar-refractivity contribution >= 4 is 11.8 Å². The van der Waals surface area contributed by atoms with Crippen LogP contribution in [0, 0.1) is 12.7 Å². The van der Waals surface area contributed by atoms with Gasteiger partial charge in [0, 0.05) is 20.6 Å². The van der Waals surface area contributed by atoms with Crippen molar-refractivity contribution in [3.05, 3.63) is 57.0 Å². The molecule has 0 saturated carbocycles. The van der Waals surface area contributed by atoms with Gasteiger partial charge in [-0.2, -0.15) is 0 Å². The van der Waals surface area contributed by atoms with E-state index in [0.29, 0.717) is 11.1 Å². The van der Waals surface area contributed by atoms with E-state index in [4.69, 9.17) is 4.74 Å². The van der Waals surface area contributed by atoms with Gasteiger partial charge >= 0.3 is 0 Å². The molecular weight excluding hydrogens is 461 g/mol. The fraction of sp³-hybridized carbons (Fsp3) is 0.478. The van der Waals surface area contributed by atoms with E-state index >= 15 is 0 Å². The number of rotatable bonds is 6. The minimum Gasteiger partial charge on any atom is -0.501 e. The van der Waals surface area contributed by atoms with Crippen LogP contribution in [-0.4, -0.2) is 82.0 Å². The third-order valence-corrected chi connectivity index (χ3v) is 5.92. The lowest BCUT2D eigenvalue weighted by atomic mass is 10.1. The Morgan fingerprint density at radius 3 is 2.63 bits per heavy atom. The second kappa shape index (κ2) is 10.5. The highest BCUT2D eigenvalue weighted by Crippen LogP contribution is 2.27. The highest BCUT2D eigenvalue weighted by atomic mass is 19.1. The first kappa shape index (κ1) is 26.3. The number of aliphatic hydroxyl groups is 1. The lowest BCUT2D eigenvalue weighted by molar-refractivity contribution is -0.150. The molecule has 1 aromatic carbocycles. The highest BCUT2D eigenvalue weighted by Gasteiger charge is 2.36. The minimum absolute atomic E-state index is 0.0123. The summed E-state index contributed by atoms with van der Waals surface area (Å²) in [5.74, 6) is -2.55. The summed E-state index contributed by atoms with van der Waals surface area (Å²) >= 11 is 0. The molecule has 3 N–H and O–H groups in total. The molecule has 0 bridgehead atoms. The van der Waals surface area contributed by atoms with Crippen LogP contribution in [0.4, 0.5) is 4.39 Å². The number of halogens is 1. The maximum Gasteiger partial charge on any atom is 0.296 e. The molecule has 1 aliphatic heterocycles. The predicted octanol–water partition coefficient (Wildman–Crippen LogP) is 0.297. The molecule has 3 rings (SSSR count). The summed E-state index contributed by atoms with van der Waals surface area (Å²) < 4.78 is 20.4. The number of carbonyl (C=O) groups excluding carboxylic acids is 2. The Bertz CT molecular complexity index is 1180. The van der Waals surface area contributed by atoms with E-state index in [-0.39, 0.29) is 31.4 Å². The number of aromatic nitrogens is 2. The second-order valence-electron chi connectivity index (χ2n) is 8.78. The molecule has 2 aromatic rings. The molecule has 12 heteroatoms. The lowest BCUT2D eigenvalue weighted by Gasteiger charge is -2.32. The van der Waals surface area contributed by atoms with Crippen molar-refractivity contribution in [1.82, 2.24) is 24.7 Å². The first-order valence-corrected chi connectivity index (χ1v) is 11.0. The Balaban J connectivity index is 1.98. The summed E-state index contributed by atoms with van der Waals surface area (Å²) in [6, 6.07) is 2.95. The van der Waals surface area contributed by atoms with Crippen LogP contribution in [0.2, 0.25) is 0 Å². The SMILES string of the molecule is Cc1cc(CNC(=O)c2nc3n(c(=O)c2O)C(C)COCC3N(C)C(O)C(=O)N(C)C)ccc1F. The van der Waals surface area contributed by atoms with Crippen LogP contribution in [0.3, 0.4) is 0 Å². The number of benzene rings is 1. The minimum atomic E-state index is -1.56. The summed E-state index contributed by atoms with van der Waals surface area (Å²) in [5.41, 5.74) is -0.316. The number of aryl methyl sites for hydroxylation is 1. The van der Waals surface area contributed by atoms with Gasteiger partial charge in [-0.25, -0.2) is 9.37 Å². The molecule has 3 unspecified atom stereocenters. The Morgan fingerprint density at radius 1 is 1.31 bits per heavy atom. The zero-order valence-corrected chi connectivity index (χ0v) is 20.3. The molecule has 1 aliphatic rings. The first-order chi connectivity index (χ1) is 16.4. The molecule has 2 amide bonds. The number of nitrogens with one attached hydrogen (secondary N) is 1. The summed E-state index contributed by atoms with van der Waals surface area (Å²) in [6.07, 6.45) is -1.56. The van der Waals surface area contributed by atoms with E-state index in [1.54, 1.807) is 19.9 Å². The zero-order valence-electron chi connectivity index (χ0n) is 20.3. The van der Waals surface area contributed by atoms with Crippen LogP contribution in [0.25, 0.3) is 0 Å². The smallest absolute Gasteiger partial charge is 0.296 e. The number of hydrogen-bond donors (Lipinski definition) is 3. The number of aliphatic hydroxyl groups excluding tert-OH is 1. The van der Waals surface area contributed by atoms with Gasteiger partial charge in [-0.1, -0.05) is 12.1 Å². The fourth-order valence-electron chi connectivity index (χ4n) is 3.82. The summed E-state index contributed by atoms with van der Waals surface area (Å²) in [5, 5.41) is 23.7. The van der Waals surface area contributed by atoms with E-state index in [1.807, 2.05) is 0 Å². The van der Waals surface area contributed by atoms with Crippen molar-refractivity contribution in [1.29, 1.82) is 0 Å². The molecule has 35 heavy (non-hydrogen) atoms. The van der Waals surface area contributed by atoms with Gasteiger partial charge in [0.2, 0.25) is 5.75 Å². The quantitative estimate of drug-likeness (QED) is 0.491. The number of aromatic hydroxyl groups is 1. The molecule has 3 atom stereocenters. The lowest BCUT2D eigenvalue weighted by Crippen LogP contribution is -2.48. The average molecular weight is 492 g/mol. The van der Waals surface area contributed by atoms with Crippen LogP contribution in [0.5, 0.6) is 5.75 Å². The molecule has 0 radical (unpaired) electrons. The third kappa shape index (κ3) is 5.34. The van der Waals surface area contributed by atoms with Crippen LogP contribution in [-0.2, 0) is 16.1 Å². The predicted molar refractivity (Wildman–Crippen MR) is 123 cm³/mol. The van der Waals surface area contributed by atoms with Crippen LogP contribution < -0.4 is 10.9 Å². The van der Waals surface area contributed by atoms with Gasteiger partial charge in [0.05, 0.1) is 25.3 Å². The average Bonchev–Trinajstić information content (AvgIpc) is 2.98. The number of ether oxygens (including phenoxy) is 1. The second-order valence-corrected chi connectivity index (χ2v) is 8.78. The fourth-order valence-corrected chi connectivity index (χ4v) is 3.82. The summed E-state index contributed by atoms with van der Waals surface area (Å²) in [4.78, 5) is 45.1. The largest absolute Gasteiger partial charge is 0.501 e. The van der Waals surface area contributed by atoms with Crippen LogP contribution in [0.1, 0.15) is 46.4 Å². The first-order valence-electron chi connectivity index (χ1n) is 11.0. The van der Waals surface area contributed by atoms with Crippen molar-refractivity contribution in [3.8, 4) is 5.75 Å². The molecule has 2 heterocycles.